The van der Waals surface area contributed by atoms with Gasteiger partial charge in [-0.3, -0.25) is 10.1 Å². The van der Waals surface area contributed by atoms with Crippen LogP contribution in [-0.2, 0) is 0 Å². The Bertz CT molecular complexity index is 1150. The monoisotopic (exact) mass is 428 g/mol. The van der Waals surface area contributed by atoms with Crippen molar-refractivity contribution < 1.29 is 14.1 Å². The van der Waals surface area contributed by atoms with E-state index >= 15 is 0 Å². The molecule has 1 aromatic heterocycles. The Morgan fingerprint density at radius 3 is 2.77 bits per heavy atom. The molecule has 0 bridgehead atoms. The predicted molar refractivity (Wildman–Crippen MR) is 111 cm³/mol. The molecule has 2 unspecified atom stereocenters. The Balaban J connectivity index is 1.45. The highest BCUT2D eigenvalue weighted by Gasteiger charge is 2.52. The molecule has 2 aromatic carbocycles. The van der Waals surface area contributed by atoms with Crippen LogP contribution in [0, 0.1) is 33.7 Å². The van der Waals surface area contributed by atoms with Crippen LogP contribution in [0.3, 0.4) is 0 Å². The summed E-state index contributed by atoms with van der Waals surface area (Å²) in [6.45, 7) is 0.492. The van der Waals surface area contributed by atoms with E-state index in [2.05, 4.69) is 15.3 Å². The van der Waals surface area contributed by atoms with E-state index in [4.69, 9.17) is 16.3 Å². The average Bonchev–Trinajstić information content (AvgIpc) is 3.14. The van der Waals surface area contributed by atoms with Crippen LogP contribution in [0.25, 0.3) is 10.9 Å². The second-order valence-corrected chi connectivity index (χ2v) is 8.21. The number of hydrogen-bond acceptors (Lipinski definition) is 6. The molecule has 2 aliphatic carbocycles. The Morgan fingerprint density at radius 2 is 2.03 bits per heavy atom. The van der Waals surface area contributed by atoms with Gasteiger partial charge in [0.25, 0.3) is 0 Å². The second-order valence-electron chi connectivity index (χ2n) is 7.80. The fraction of sp³-hybridized carbons (Fsp3) is 0.333. The predicted octanol–water partition coefficient (Wildman–Crippen LogP) is 5.50. The van der Waals surface area contributed by atoms with Crippen molar-refractivity contribution in [3.8, 4) is 5.75 Å². The SMILES string of the molecule is O=[N+]([O-])c1cc2c(Nc3ccc(F)c(Cl)c3)ncnc2cc1OCC1C2CCCC21. The lowest BCUT2D eigenvalue weighted by Crippen LogP contribution is -2.06. The van der Waals surface area contributed by atoms with Crippen molar-refractivity contribution in [2.45, 2.75) is 19.3 Å². The van der Waals surface area contributed by atoms with Gasteiger partial charge in [0, 0.05) is 17.8 Å². The summed E-state index contributed by atoms with van der Waals surface area (Å²) < 4.78 is 19.3. The van der Waals surface area contributed by atoms with Crippen LogP contribution in [0.4, 0.5) is 21.6 Å². The van der Waals surface area contributed by atoms with E-state index < -0.39 is 10.7 Å². The molecule has 5 rings (SSSR count). The lowest BCUT2D eigenvalue weighted by molar-refractivity contribution is -0.385. The zero-order valence-electron chi connectivity index (χ0n) is 15.8. The van der Waals surface area contributed by atoms with Gasteiger partial charge in [0.05, 0.1) is 27.5 Å². The van der Waals surface area contributed by atoms with Crippen LogP contribution >= 0.6 is 11.6 Å². The number of fused-ring (bicyclic) bond motifs is 2. The minimum absolute atomic E-state index is 0.0372. The summed E-state index contributed by atoms with van der Waals surface area (Å²) in [4.78, 5) is 19.6. The van der Waals surface area contributed by atoms with Crippen LogP contribution < -0.4 is 10.1 Å². The third-order valence-electron chi connectivity index (χ3n) is 6.11. The van der Waals surface area contributed by atoms with E-state index in [1.165, 1.54) is 49.9 Å². The first-order valence-electron chi connectivity index (χ1n) is 9.79. The minimum atomic E-state index is -0.535. The number of nitrogens with one attached hydrogen (secondary N) is 1. The molecule has 2 atom stereocenters. The van der Waals surface area contributed by atoms with Gasteiger partial charge in [0.1, 0.15) is 18.0 Å². The van der Waals surface area contributed by atoms with Gasteiger partial charge in [-0.2, -0.15) is 0 Å². The third-order valence-corrected chi connectivity index (χ3v) is 6.40. The average molecular weight is 429 g/mol. The maximum Gasteiger partial charge on any atom is 0.311 e. The van der Waals surface area contributed by atoms with Crippen molar-refractivity contribution in [3.05, 3.63) is 57.6 Å². The first kappa shape index (κ1) is 19.0. The number of hydrogen-bond donors (Lipinski definition) is 1. The summed E-state index contributed by atoms with van der Waals surface area (Å²) >= 11 is 5.83. The maximum atomic E-state index is 13.4. The highest BCUT2D eigenvalue weighted by atomic mass is 35.5. The van der Waals surface area contributed by atoms with Crippen molar-refractivity contribution in [2.75, 3.05) is 11.9 Å². The molecule has 0 spiro atoms. The standard InChI is InChI=1S/C21H18ClFN4O3/c22-16-6-11(4-5-17(16)23)26-21-14-7-19(27(28)29)20(8-18(14)24-10-25-21)30-9-15-12-2-1-3-13(12)15/h4-8,10,12-13,15H,1-3,9H2,(H,24,25,26). The topological polar surface area (TPSA) is 90.2 Å². The van der Waals surface area contributed by atoms with E-state index in [0.29, 0.717) is 46.8 Å². The maximum absolute atomic E-state index is 13.4. The summed E-state index contributed by atoms with van der Waals surface area (Å²) in [5.74, 6) is 1.96. The van der Waals surface area contributed by atoms with Gasteiger partial charge in [-0.25, -0.2) is 14.4 Å². The molecular formula is C21H18ClFN4O3. The van der Waals surface area contributed by atoms with Crippen LogP contribution in [0.15, 0.2) is 36.7 Å². The van der Waals surface area contributed by atoms with Crippen LogP contribution in [-0.4, -0.2) is 21.5 Å². The highest BCUT2D eigenvalue weighted by molar-refractivity contribution is 6.31. The van der Waals surface area contributed by atoms with Crippen LogP contribution in [0.2, 0.25) is 5.02 Å². The molecule has 1 N–H and O–H groups in total. The fourth-order valence-electron chi connectivity index (χ4n) is 4.54. The molecule has 0 radical (unpaired) electrons. The molecule has 30 heavy (non-hydrogen) atoms. The smallest absolute Gasteiger partial charge is 0.311 e. The first-order chi connectivity index (χ1) is 14.5. The number of benzene rings is 2. The number of anilines is 2. The normalized spacial score (nSPS) is 22.0. The molecule has 9 heteroatoms. The van der Waals surface area contributed by atoms with Gasteiger partial charge in [-0.05, 0) is 48.8 Å². The van der Waals surface area contributed by atoms with E-state index in [1.54, 1.807) is 6.07 Å². The molecule has 2 saturated carbocycles. The zero-order valence-corrected chi connectivity index (χ0v) is 16.6. The molecule has 154 valence electrons. The number of nitrogens with zero attached hydrogens (tertiary/aromatic N) is 3. The van der Waals surface area contributed by atoms with E-state index in [-0.39, 0.29) is 16.5 Å². The molecule has 2 aliphatic rings. The summed E-state index contributed by atoms with van der Waals surface area (Å²) in [5.41, 5.74) is 0.880. The lowest BCUT2D eigenvalue weighted by Gasteiger charge is -2.12. The van der Waals surface area contributed by atoms with Crippen molar-refractivity contribution in [2.24, 2.45) is 17.8 Å². The van der Waals surface area contributed by atoms with E-state index in [1.807, 2.05) is 0 Å². The lowest BCUT2D eigenvalue weighted by atomic mass is 10.1. The van der Waals surface area contributed by atoms with E-state index in [9.17, 15) is 14.5 Å². The van der Waals surface area contributed by atoms with Gasteiger partial charge in [0.2, 0.25) is 0 Å². The molecule has 7 nitrogen and oxygen atoms in total. The molecule has 0 aliphatic heterocycles. The number of ether oxygens (including phenoxy) is 1. The fourth-order valence-corrected chi connectivity index (χ4v) is 4.72. The largest absolute Gasteiger partial charge is 0.486 e. The molecular weight excluding hydrogens is 411 g/mol. The van der Waals surface area contributed by atoms with Crippen LogP contribution in [0.5, 0.6) is 5.75 Å². The Morgan fingerprint density at radius 1 is 1.23 bits per heavy atom. The molecule has 0 saturated heterocycles. The summed E-state index contributed by atoms with van der Waals surface area (Å²) in [6.07, 6.45) is 5.09. The van der Waals surface area contributed by atoms with Gasteiger partial charge in [-0.1, -0.05) is 18.0 Å². The van der Waals surface area contributed by atoms with Gasteiger partial charge < -0.3 is 10.1 Å². The van der Waals surface area contributed by atoms with Crippen molar-refractivity contribution in [3.63, 3.8) is 0 Å². The molecule has 2 fully saturated rings. The number of halogens is 2. The third kappa shape index (κ3) is 3.41. The zero-order chi connectivity index (χ0) is 20.8. The second kappa shape index (κ2) is 7.36. The Labute approximate surface area is 176 Å². The molecule has 0 amide bonds. The number of aromatic nitrogens is 2. The van der Waals surface area contributed by atoms with Gasteiger partial charge in [-0.15, -0.1) is 0 Å². The Kier molecular flexibility index (Phi) is 4.66. The summed E-state index contributed by atoms with van der Waals surface area (Å²) in [7, 11) is 0. The first-order valence-corrected chi connectivity index (χ1v) is 10.2. The quantitative estimate of drug-likeness (QED) is 0.412. The Hall–Kier alpha value is -3.00. The van der Waals surface area contributed by atoms with E-state index in [0.717, 1.165) is 0 Å². The summed E-state index contributed by atoms with van der Waals surface area (Å²) in [5, 5.41) is 15.1. The van der Waals surface area contributed by atoms with Gasteiger partial charge in [0.15, 0.2) is 5.75 Å². The minimum Gasteiger partial charge on any atom is -0.486 e. The molecule has 1 heterocycles. The molecule has 3 aromatic rings. The number of nitro groups is 1. The highest BCUT2D eigenvalue weighted by Crippen LogP contribution is 2.57. The van der Waals surface area contributed by atoms with Crippen molar-refractivity contribution in [1.29, 1.82) is 0 Å². The number of nitro benzene ring substituents is 1. The van der Waals surface area contributed by atoms with Crippen molar-refractivity contribution >= 4 is 39.7 Å². The summed E-state index contributed by atoms with van der Waals surface area (Å²) in [6, 6.07) is 7.15. The van der Waals surface area contributed by atoms with Crippen LogP contribution in [0.1, 0.15) is 19.3 Å². The van der Waals surface area contributed by atoms with Crippen molar-refractivity contribution in [1.82, 2.24) is 9.97 Å². The van der Waals surface area contributed by atoms with Gasteiger partial charge >= 0.3 is 5.69 Å². The number of rotatable bonds is 6.